The molecule has 0 unspecified atom stereocenters. The highest BCUT2D eigenvalue weighted by Crippen LogP contribution is 2.44. The minimum atomic E-state index is -1.94. The number of aliphatic hydroxyl groups is 28. The van der Waals surface area contributed by atoms with Crippen molar-refractivity contribution in [2.45, 2.75) is 246 Å². The number of aromatic nitrogens is 4. The predicted molar refractivity (Wildman–Crippen MR) is 469 cm³/mol. The van der Waals surface area contributed by atoms with Gasteiger partial charge in [-0.2, -0.15) is 0 Å². The molecule has 48 heteroatoms. The molecular weight excluding hydrogens is 1860 g/mol. The second kappa shape index (κ2) is 43.6. The summed E-state index contributed by atoms with van der Waals surface area (Å²) in [5, 5.41) is 302. The first-order valence-corrected chi connectivity index (χ1v) is 44.9. The minimum absolute atomic E-state index is 0.0324. The number of H-pyrrole nitrogens is 2. The molecule has 8 fully saturated rings. The average molecular weight is 1980 g/mol. The van der Waals surface area contributed by atoms with Gasteiger partial charge in [0.05, 0.1) is 75.6 Å². The molecule has 762 valence electrons. The lowest BCUT2D eigenvalue weighted by Crippen LogP contribution is -2.65. The maximum absolute atomic E-state index is 11.6. The molecular formula is C92H110N4O44. The van der Waals surface area contributed by atoms with Crippen molar-refractivity contribution in [3.8, 4) is 67.5 Å². The van der Waals surface area contributed by atoms with E-state index in [0.29, 0.717) is 89.4 Å². The molecule has 40 atom stereocenters. The Balaban J connectivity index is 0.752. The summed E-state index contributed by atoms with van der Waals surface area (Å²) in [4.78, 5) is 18.0. The second-order valence-electron chi connectivity index (χ2n) is 35.1. The largest absolute Gasteiger partial charge is 0.462 e. The topological polar surface area (TPSA) is 771 Å². The molecule has 10 aliphatic heterocycles. The highest BCUT2D eigenvalue weighted by Gasteiger charge is 2.57. The van der Waals surface area contributed by atoms with E-state index in [4.69, 9.17) is 85.8 Å². The van der Waals surface area contributed by atoms with Gasteiger partial charge in [0.2, 0.25) is 25.2 Å². The van der Waals surface area contributed by atoms with Gasteiger partial charge < -0.3 is 229 Å². The third kappa shape index (κ3) is 20.3. The van der Waals surface area contributed by atoms with E-state index in [1.807, 2.05) is 0 Å². The molecule has 8 saturated heterocycles. The van der Waals surface area contributed by atoms with Gasteiger partial charge >= 0.3 is 0 Å². The zero-order valence-corrected chi connectivity index (χ0v) is 73.6. The van der Waals surface area contributed by atoms with Crippen LogP contribution in [-0.4, -0.2) is 461 Å². The summed E-state index contributed by atoms with van der Waals surface area (Å²) in [6.07, 6.45) is -63.5. The molecule has 0 amide bonds. The van der Waals surface area contributed by atoms with E-state index in [-0.39, 0.29) is 23.0 Å². The number of benzene rings is 4. The normalized spacial score (nSPS) is 38.5. The van der Waals surface area contributed by atoms with E-state index < -0.39 is 299 Å². The summed E-state index contributed by atoms with van der Waals surface area (Å²) in [7, 11) is 0. The van der Waals surface area contributed by atoms with E-state index in [2.05, 4.69) is 9.97 Å². The van der Waals surface area contributed by atoms with Crippen molar-refractivity contribution in [3.05, 3.63) is 144 Å². The highest BCUT2D eigenvalue weighted by molar-refractivity contribution is 6.00. The Labute approximate surface area is 792 Å². The lowest BCUT2D eigenvalue weighted by atomic mass is 9.97. The lowest BCUT2D eigenvalue weighted by Gasteiger charge is -2.45. The Kier molecular flexibility index (Phi) is 31.9. The van der Waals surface area contributed by atoms with Crippen LogP contribution >= 0.6 is 0 Å². The number of ether oxygens (including phenoxy) is 16. The number of rotatable bonds is 28. The van der Waals surface area contributed by atoms with Gasteiger partial charge in [0.1, 0.15) is 218 Å². The van der Waals surface area contributed by atoms with Crippen LogP contribution in [0.3, 0.4) is 0 Å². The Morgan fingerprint density at radius 2 is 0.371 bits per heavy atom. The van der Waals surface area contributed by atoms with Gasteiger partial charge in [0.25, 0.3) is 0 Å². The van der Waals surface area contributed by atoms with Crippen LogP contribution in [0.5, 0.6) is 23.0 Å². The Hall–Kier alpha value is -8.92. The Bertz CT molecular complexity index is 4900. The van der Waals surface area contributed by atoms with E-state index >= 15 is 0 Å². The number of hydrogen-bond acceptors (Lipinski definition) is 46. The average Bonchev–Trinajstić information content (AvgIpc) is 1.56. The molecule has 140 heavy (non-hydrogen) atoms. The van der Waals surface area contributed by atoms with Gasteiger partial charge in [0, 0.05) is 44.3 Å². The fraction of sp³-hybridized carbons (Fsp3) is 0.522. The fourth-order valence-corrected chi connectivity index (χ4v) is 18.4. The Morgan fingerprint density at radius 3 is 0.550 bits per heavy atom. The number of nitrogens with zero attached hydrogens (tertiary/aromatic N) is 2. The molecule has 7 aromatic rings. The zero-order chi connectivity index (χ0) is 99.4. The summed E-state index contributed by atoms with van der Waals surface area (Å²) in [6.45, 7) is -6.76. The standard InChI is InChI=1S/C92H110N4O44/c97-25-49-61(105)65(109)73(117)89(129-49)137-81-53(29-101)133-85(77(121)69(81)113)125-37-9-1-33(2-10-37)57-41-17-19-43(93-41)58(34-3-11-38(12-4-34)126-86-78(122)70(114)82(54(30-102)134-86)138-90-74(118)66(110)62(106)50(26-98)130-90)45-21-23-47(95-45)60(36-7-15-40(16-8-36)128-88-80(124)72(116)84(56(32-104)136-88)140-92-76(120)68(112)64(108)52(28-100)132-92)48-24-22-46(96-48)59(44-20-18-42(57)94-44)35-5-13-39(14-6-35)127-87-79(123)71(115)83(55(31-103)135-87)139-91-75(119)67(111)63(107)51(27-99)131-91/h1-24,49-56,61-93,96-124H,25-32H2/t49-,50-,51-,52-,53-,54-,55-,56-,61-,62-,63-,64-,65+,66+,67+,68+,69-,70-,71-,72-,73-,74-,75-,76-,77-,78-,79-,80-,81-,82-,83-,84-,85-,86-,87-,88-,89-,90-,91-,92-/m1/s1. The van der Waals surface area contributed by atoms with E-state index in [0.717, 1.165) is 0 Å². The first-order chi connectivity index (χ1) is 67.3. The molecule has 8 bridgehead atoms. The lowest BCUT2D eigenvalue weighted by molar-refractivity contribution is -0.352. The number of aliphatic hydroxyl groups excluding tert-OH is 28. The van der Waals surface area contributed by atoms with Crippen LogP contribution in [0, 0.1) is 0 Å². The van der Waals surface area contributed by atoms with Crippen LogP contribution in [0.25, 0.3) is 90.9 Å². The molecule has 10 aliphatic rings. The second-order valence-corrected chi connectivity index (χ2v) is 35.1. The summed E-state index contributed by atoms with van der Waals surface area (Å²) in [5.74, 6) is 0.130. The molecule has 0 radical (unpaired) electrons. The molecule has 48 nitrogen and oxygen atoms in total. The van der Waals surface area contributed by atoms with Crippen molar-refractivity contribution in [1.29, 1.82) is 0 Å². The Morgan fingerprint density at radius 1 is 0.200 bits per heavy atom. The SMILES string of the molecule is OC[C@H]1O[C@H](O[C@H]2[C@H](O)[C@@H](O)[C@H](Oc3ccc(-c4c5nc(c(-c6ccc(O[C@@H]7O[C@H](CO)[C@@H](O[C@H]8O[C@H](CO)[C@@H](O)[C@H](O)[C@H]8O)[C@H](O)[C@H]7O)cc6)c6ccc([nH]6)c(-c6ccc(O[C@@H]7O[C@H](CO)[C@@H](O[C@H]8O[C@H](CO)[C@@H](O)[C@H](O)[C@H]8O)[C@H](O)[C@H]7O)cc6)c6nc(c(-c7ccc(O[C@@H]8O[C@H](CO)[C@@H](O[C@H]9O[C@H](CO)[C@@H](O)[C@H](O)[C@H]9O)[C@H](O)[C@H]8O)cc7)c7ccc4[nH]7)C=C6)C=C5)cc3)O[C@@H]2CO)[C@H](O)[C@@H](O)[C@@H]1O. The molecule has 3 aromatic heterocycles. The third-order valence-electron chi connectivity index (χ3n) is 26.2. The van der Waals surface area contributed by atoms with Crippen LogP contribution in [-0.2, 0) is 56.8 Å². The summed E-state index contributed by atoms with van der Waals surface area (Å²) in [6, 6.07) is 32.2. The van der Waals surface area contributed by atoms with Gasteiger partial charge in [-0.1, -0.05) is 48.5 Å². The van der Waals surface area contributed by atoms with Crippen molar-refractivity contribution < 1.29 is 219 Å². The highest BCUT2D eigenvalue weighted by atomic mass is 16.8. The van der Waals surface area contributed by atoms with Crippen LogP contribution in [0.2, 0.25) is 0 Å². The molecule has 30 N–H and O–H groups in total. The van der Waals surface area contributed by atoms with Gasteiger partial charge in [-0.3, -0.25) is 0 Å². The smallest absolute Gasteiger partial charge is 0.229 e. The van der Waals surface area contributed by atoms with Crippen LogP contribution in [0.4, 0.5) is 0 Å². The maximum Gasteiger partial charge on any atom is 0.229 e. The summed E-state index contributed by atoms with van der Waals surface area (Å²) in [5.41, 5.74) is 6.30. The van der Waals surface area contributed by atoms with Crippen LogP contribution < -0.4 is 18.9 Å². The van der Waals surface area contributed by atoms with E-state index in [9.17, 15) is 143 Å². The van der Waals surface area contributed by atoms with Crippen molar-refractivity contribution in [1.82, 2.24) is 19.9 Å². The van der Waals surface area contributed by atoms with Crippen molar-refractivity contribution in [3.63, 3.8) is 0 Å². The summed E-state index contributed by atoms with van der Waals surface area (Å²) < 4.78 is 93.7. The molecule has 0 spiro atoms. The van der Waals surface area contributed by atoms with E-state index in [1.165, 1.54) is 48.5 Å². The van der Waals surface area contributed by atoms with E-state index in [1.54, 1.807) is 97.1 Å². The predicted octanol–water partition coefficient (Wildman–Crippen LogP) is -8.66. The first kappa shape index (κ1) is 103. The third-order valence-corrected chi connectivity index (χ3v) is 26.2. The van der Waals surface area contributed by atoms with Gasteiger partial charge in [-0.25, -0.2) is 9.97 Å². The van der Waals surface area contributed by atoms with Crippen LogP contribution in [0.1, 0.15) is 22.8 Å². The number of nitrogens with one attached hydrogen (secondary N) is 2. The molecule has 0 saturated carbocycles. The fourth-order valence-electron chi connectivity index (χ4n) is 18.4. The zero-order valence-electron chi connectivity index (χ0n) is 73.6. The number of fused-ring (bicyclic) bond motifs is 8. The molecule has 17 rings (SSSR count). The monoisotopic (exact) mass is 1970 g/mol. The van der Waals surface area contributed by atoms with Crippen molar-refractivity contribution in [2.75, 3.05) is 52.9 Å². The quantitative estimate of drug-likeness (QED) is 0.0217. The molecule has 0 aliphatic carbocycles. The van der Waals surface area contributed by atoms with Crippen molar-refractivity contribution >= 4 is 46.4 Å². The number of hydrogen-bond donors (Lipinski definition) is 30. The van der Waals surface area contributed by atoms with Crippen molar-refractivity contribution in [2.24, 2.45) is 0 Å². The van der Waals surface area contributed by atoms with Gasteiger partial charge in [-0.15, -0.1) is 0 Å². The maximum atomic E-state index is 11.6. The van der Waals surface area contributed by atoms with Gasteiger partial charge in [0.15, 0.2) is 25.2 Å². The number of aromatic amines is 2. The minimum Gasteiger partial charge on any atom is -0.462 e. The summed E-state index contributed by atoms with van der Waals surface area (Å²) >= 11 is 0. The van der Waals surface area contributed by atoms with Gasteiger partial charge in [-0.05, 0) is 119 Å². The molecule has 4 aromatic carbocycles. The van der Waals surface area contributed by atoms with Crippen LogP contribution in [0.15, 0.2) is 121 Å². The first-order valence-electron chi connectivity index (χ1n) is 44.9. The molecule has 13 heterocycles.